The van der Waals surface area contributed by atoms with Gasteiger partial charge in [-0.05, 0) is 6.07 Å². The topological polar surface area (TPSA) is 32.3 Å². The minimum Gasteiger partial charge on any atom is -0.870 e. The normalized spacial score (nSPS) is 10.1. The number of hydrogen-bond acceptors (Lipinski definition) is 2. The van der Waals surface area contributed by atoms with E-state index in [0.29, 0.717) is 5.75 Å². The molecule has 0 spiro atoms. The van der Waals surface area contributed by atoms with E-state index in [-0.39, 0.29) is 5.75 Å². The summed E-state index contributed by atoms with van der Waals surface area (Å²) in [4.78, 5) is 0. The molecule has 1 aromatic carbocycles. The predicted octanol–water partition coefficient (Wildman–Crippen LogP) is 1.09. The van der Waals surface area contributed by atoms with Gasteiger partial charge >= 0.3 is 0 Å². The number of benzene rings is 1. The van der Waals surface area contributed by atoms with Crippen molar-refractivity contribution in [2.45, 2.75) is 0 Å². The first kappa shape index (κ1) is 12.8. The Kier molecular flexibility index (Phi) is 5.02. The Labute approximate surface area is 86.1 Å². The lowest BCUT2D eigenvalue weighted by Crippen LogP contribution is -2.27. The second-order valence-corrected chi connectivity index (χ2v) is 4.33. The van der Waals surface area contributed by atoms with Crippen LogP contribution in [-0.4, -0.2) is 39.8 Å². The van der Waals surface area contributed by atoms with Crippen molar-refractivity contribution in [3.05, 3.63) is 24.3 Å². The van der Waals surface area contributed by atoms with E-state index < -0.39 is 0 Å². The quantitative estimate of drug-likeness (QED) is 0.631. The molecular weight excluding hydrogens is 178 g/mol. The van der Waals surface area contributed by atoms with Crippen molar-refractivity contribution in [3.63, 3.8) is 0 Å². The molecule has 0 saturated heterocycles. The zero-order valence-corrected chi connectivity index (χ0v) is 9.57. The van der Waals surface area contributed by atoms with Gasteiger partial charge in [0, 0.05) is 0 Å². The van der Waals surface area contributed by atoms with Gasteiger partial charge in [-0.25, -0.2) is 0 Å². The van der Waals surface area contributed by atoms with Crippen molar-refractivity contribution in [2.75, 3.05) is 35.3 Å². The maximum Gasteiger partial charge on any atom is 0.111 e. The summed E-state index contributed by atoms with van der Waals surface area (Å²) in [5.41, 5.74) is 0. The maximum absolute atomic E-state index is 10.7. The summed E-state index contributed by atoms with van der Waals surface area (Å²) in [6.45, 7) is 0. The number of hydrogen-bond donors (Lipinski definition) is 0. The molecule has 0 radical (unpaired) electrons. The maximum atomic E-state index is 10.7. The average molecular weight is 197 g/mol. The van der Waals surface area contributed by atoms with Gasteiger partial charge < -0.3 is 14.3 Å². The van der Waals surface area contributed by atoms with Crippen molar-refractivity contribution in [1.29, 1.82) is 0 Å². The molecule has 80 valence electrons. The van der Waals surface area contributed by atoms with Crippen molar-refractivity contribution in [3.8, 4) is 11.5 Å². The van der Waals surface area contributed by atoms with Gasteiger partial charge in [-0.1, -0.05) is 23.9 Å². The molecule has 0 aliphatic carbocycles. The van der Waals surface area contributed by atoms with Gasteiger partial charge in [0.15, 0.2) is 0 Å². The van der Waals surface area contributed by atoms with Crippen molar-refractivity contribution >= 4 is 0 Å². The fourth-order valence-corrected chi connectivity index (χ4v) is 0.619. The number of para-hydroxylation sites is 2. The summed E-state index contributed by atoms with van der Waals surface area (Å²) >= 11 is 0. The first-order chi connectivity index (χ1) is 6.34. The fraction of sp³-hybridized carbons (Fsp3) is 0.455. The second-order valence-electron chi connectivity index (χ2n) is 4.33. The Morgan fingerprint density at radius 3 is 1.79 bits per heavy atom. The van der Waals surface area contributed by atoms with Crippen LogP contribution in [0, 0.1) is 0 Å². The molecule has 0 unspecified atom stereocenters. The molecule has 0 aromatic heterocycles. The fourth-order valence-electron chi connectivity index (χ4n) is 0.619. The largest absolute Gasteiger partial charge is 0.870 e. The molecule has 0 aliphatic rings. The van der Waals surface area contributed by atoms with Gasteiger partial charge in [0.05, 0.1) is 35.3 Å². The van der Waals surface area contributed by atoms with E-state index in [1.54, 1.807) is 18.2 Å². The molecule has 0 N–H and O–H groups in total. The summed E-state index contributed by atoms with van der Waals surface area (Å²) in [7, 11) is 9.98. The van der Waals surface area contributed by atoms with Gasteiger partial charge in [0.1, 0.15) is 5.75 Å². The van der Waals surface area contributed by atoms with E-state index in [0.717, 1.165) is 4.48 Å². The smallest absolute Gasteiger partial charge is 0.111 e. The lowest BCUT2D eigenvalue weighted by Gasteiger charge is -2.14. The molecule has 0 heterocycles. The van der Waals surface area contributed by atoms with E-state index in [2.05, 4.69) is 28.2 Å². The highest BCUT2D eigenvalue weighted by Crippen LogP contribution is 2.19. The van der Waals surface area contributed by atoms with Gasteiger partial charge in [-0.2, -0.15) is 0 Å². The molecule has 1 rings (SSSR count). The molecule has 0 aliphatic heterocycles. The third-order valence-electron chi connectivity index (χ3n) is 1.07. The van der Waals surface area contributed by atoms with E-state index in [1.165, 1.54) is 13.2 Å². The number of rotatable bonds is 1. The van der Waals surface area contributed by atoms with Crippen LogP contribution in [0.3, 0.4) is 0 Å². The lowest BCUT2D eigenvalue weighted by molar-refractivity contribution is -0.849. The van der Waals surface area contributed by atoms with Crippen molar-refractivity contribution < 1.29 is 14.3 Å². The first-order valence-corrected chi connectivity index (χ1v) is 4.43. The van der Waals surface area contributed by atoms with E-state index in [4.69, 9.17) is 4.74 Å². The van der Waals surface area contributed by atoms with E-state index in [1.807, 2.05) is 0 Å². The molecule has 3 heteroatoms. The Hall–Kier alpha value is -1.22. The zero-order chi connectivity index (χ0) is 11.2. The Morgan fingerprint density at radius 1 is 1.07 bits per heavy atom. The number of quaternary nitrogens is 1. The zero-order valence-electron chi connectivity index (χ0n) is 9.57. The molecule has 0 saturated carbocycles. The molecule has 0 atom stereocenters. The van der Waals surface area contributed by atoms with Crippen LogP contribution in [0.1, 0.15) is 0 Å². The van der Waals surface area contributed by atoms with Crippen LogP contribution in [0.4, 0.5) is 0 Å². The van der Waals surface area contributed by atoms with Crippen LogP contribution in [0.25, 0.3) is 0 Å². The van der Waals surface area contributed by atoms with Crippen LogP contribution in [-0.2, 0) is 0 Å². The van der Waals surface area contributed by atoms with E-state index >= 15 is 0 Å². The number of ether oxygens (including phenoxy) is 1. The molecule has 0 fully saturated rings. The van der Waals surface area contributed by atoms with E-state index in [9.17, 15) is 5.11 Å². The van der Waals surface area contributed by atoms with Crippen LogP contribution >= 0.6 is 0 Å². The first-order valence-electron chi connectivity index (χ1n) is 4.43. The minimum absolute atomic E-state index is 0.0694. The lowest BCUT2D eigenvalue weighted by atomic mass is 10.3. The average Bonchev–Trinajstić information content (AvgIpc) is 2.02. The summed E-state index contributed by atoms with van der Waals surface area (Å²) < 4.78 is 5.73. The Morgan fingerprint density at radius 2 is 1.50 bits per heavy atom. The third kappa shape index (κ3) is 7.43. The van der Waals surface area contributed by atoms with Gasteiger partial charge in [-0.15, -0.1) is 0 Å². The summed E-state index contributed by atoms with van der Waals surface area (Å²) in [5, 5.41) is 10.7. The van der Waals surface area contributed by atoms with Gasteiger partial charge in [-0.3, -0.25) is 0 Å². The highest BCUT2D eigenvalue weighted by Gasteiger charge is 1.88. The van der Waals surface area contributed by atoms with Crippen LogP contribution in [0.15, 0.2) is 24.3 Å². The SMILES string of the molecule is COc1ccccc1[O-].C[N+](C)(C)C. The highest BCUT2D eigenvalue weighted by molar-refractivity contribution is 5.36. The monoisotopic (exact) mass is 197 g/mol. The summed E-state index contributed by atoms with van der Waals surface area (Å²) in [6.07, 6.45) is 0. The minimum atomic E-state index is -0.0694. The van der Waals surface area contributed by atoms with Gasteiger partial charge in [0.25, 0.3) is 0 Å². The molecule has 14 heavy (non-hydrogen) atoms. The molecule has 3 nitrogen and oxygen atoms in total. The van der Waals surface area contributed by atoms with Crippen LogP contribution in [0.2, 0.25) is 0 Å². The summed E-state index contributed by atoms with van der Waals surface area (Å²) in [5.74, 6) is 0.331. The standard InChI is InChI=1S/C7H8O2.C4H12N/c1-9-7-5-3-2-4-6(7)8;1-5(2,3)4/h2-5,8H,1H3;1-4H3/q;+1/p-1. The predicted molar refractivity (Wildman–Crippen MR) is 56.4 cm³/mol. The second kappa shape index (κ2) is 5.50. The third-order valence-corrected chi connectivity index (χ3v) is 1.07. The molecule has 0 bridgehead atoms. The van der Waals surface area contributed by atoms with Crippen molar-refractivity contribution in [2.24, 2.45) is 0 Å². The molecule has 0 amide bonds. The highest BCUT2D eigenvalue weighted by atomic mass is 16.5. The number of methoxy groups -OCH3 is 1. The molecular formula is C11H19NO2. The Balaban J connectivity index is 0.000000292. The van der Waals surface area contributed by atoms with Crippen LogP contribution < -0.4 is 9.84 Å². The summed E-state index contributed by atoms with van der Waals surface area (Å²) in [6, 6.07) is 6.56. The Bertz CT molecular complexity index is 260. The number of nitrogens with zero attached hydrogens (tertiary/aromatic N) is 1. The van der Waals surface area contributed by atoms with Gasteiger partial charge in [0.2, 0.25) is 0 Å². The van der Waals surface area contributed by atoms with Crippen LogP contribution in [0.5, 0.6) is 11.5 Å². The molecule has 1 aromatic rings. The van der Waals surface area contributed by atoms with Crippen molar-refractivity contribution in [1.82, 2.24) is 0 Å².